The highest BCUT2D eigenvalue weighted by Gasteiger charge is 2.04. The number of nitrogens with zero attached hydrogens (tertiary/aromatic N) is 2. The molecule has 0 saturated heterocycles. The smallest absolute Gasteiger partial charge is 0.132 e. The van der Waals surface area contributed by atoms with Gasteiger partial charge in [-0.05, 0) is 24.0 Å². The van der Waals surface area contributed by atoms with E-state index in [4.69, 9.17) is 9.84 Å². The summed E-state index contributed by atoms with van der Waals surface area (Å²) in [5, 5.41) is 16.3. The highest BCUT2D eigenvalue weighted by Crippen LogP contribution is 2.28. The Morgan fingerprint density at radius 3 is 3.00 bits per heavy atom. The SMILES string of the molecule is COc1ccc(CNc2cnn(CCO)c2)cc1SC. The Kier molecular flexibility index (Phi) is 5.31. The minimum absolute atomic E-state index is 0.0939. The number of hydrogen-bond donors (Lipinski definition) is 2. The summed E-state index contributed by atoms with van der Waals surface area (Å²) in [6.45, 7) is 1.33. The minimum atomic E-state index is 0.0939. The molecule has 5 nitrogen and oxygen atoms in total. The van der Waals surface area contributed by atoms with Crippen molar-refractivity contribution in [1.82, 2.24) is 9.78 Å². The van der Waals surface area contributed by atoms with Crippen LogP contribution in [0, 0.1) is 0 Å². The molecule has 0 aliphatic carbocycles. The summed E-state index contributed by atoms with van der Waals surface area (Å²) in [7, 11) is 1.68. The van der Waals surface area contributed by atoms with Crippen molar-refractivity contribution in [3.8, 4) is 5.75 Å². The van der Waals surface area contributed by atoms with Crippen LogP contribution in [-0.4, -0.2) is 34.9 Å². The van der Waals surface area contributed by atoms with Gasteiger partial charge in [-0.3, -0.25) is 4.68 Å². The number of anilines is 1. The van der Waals surface area contributed by atoms with Gasteiger partial charge < -0.3 is 15.2 Å². The zero-order chi connectivity index (χ0) is 14.4. The van der Waals surface area contributed by atoms with Crippen molar-refractivity contribution in [3.63, 3.8) is 0 Å². The van der Waals surface area contributed by atoms with E-state index in [1.165, 1.54) is 5.56 Å². The van der Waals surface area contributed by atoms with Crippen LogP contribution in [0.25, 0.3) is 0 Å². The lowest BCUT2D eigenvalue weighted by molar-refractivity contribution is 0.269. The van der Waals surface area contributed by atoms with E-state index in [0.29, 0.717) is 6.54 Å². The summed E-state index contributed by atoms with van der Waals surface area (Å²) >= 11 is 1.67. The van der Waals surface area contributed by atoms with Crippen molar-refractivity contribution < 1.29 is 9.84 Å². The number of ether oxygens (including phenoxy) is 1. The van der Waals surface area contributed by atoms with Gasteiger partial charge in [0.05, 0.1) is 32.1 Å². The van der Waals surface area contributed by atoms with Gasteiger partial charge in [-0.1, -0.05) is 6.07 Å². The van der Waals surface area contributed by atoms with Crippen LogP contribution in [0.4, 0.5) is 5.69 Å². The molecule has 20 heavy (non-hydrogen) atoms. The van der Waals surface area contributed by atoms with Crippen molar-refractivity contribution >= 4 is 17.4 Å². The second kappa shape index (κ2) is 7.21. The zero-order valence-electron chi connectivity index (χ0n) is 11.7. The van der Waals surface area contributed by atoms with Crippen molar-refractivity contribution in [3.05, 3.63) is 36.2 Å². The highest BCUT2D eigenvalue weighted by molar-refractivity contribution is 7.98. The van der Waals surface area contributed by atoms with Gasteiger partial charge in [0.15, 0.2) is 0 Å². The zero-order valence-corrected chi connectivity index (χ0v) is 12.5. The lowest BCUT2D eigenvalue weighted by atomic mass is 10.2. The average Bonchev–Trinajstić information content (AvgIpc) is 2.93. The molecule has 0 saturated carbocycles. The Bertz CT molecular complexity index is 557. The molecule has 6 heteroatoms. The Labute approximate surface area is 123 Å². The number of rotatable bonds is 7. The normalized spacial score (nSPS) is 10.6. The van der Waals surface area contributed by atoms with Crippen molar-refractivity contribution in [2.45, 2.75) is 18.0 Å². The van der Waals surface area contributed by atoms with E-state index in [2.05, 4.69) is 16.5 Å². The number of aromatic nitrogens is 2. The maximum atomic E-state index is 8.85. The van der Waals surface area contributed by atoms with Gasteiger partial charge in [-0.15, -0.1) is 11.8 Å². The monoisotopic (exact) mass is 293 g/mol. The molecule has 1 aromatic heterocycles. The van der Waals surface area contributed by atoms with Crippen molar-refractivity contribution in [2.24, 2.45) is 0 Å². The van der Waals surface area contributed by atoms with Gasteiger partial charge in [0.2, 0.25) is 0 Å². The van der Waals surface area contributed by atoms with Gasteiger partial charge >= 0.3 is 0 Å². The molecule has 1 heterocycles. The van der Waals surface area contributed by atoms with Gasteiger partial charge in [0, 0.05) is 17.6 Å². The first-order chi connectivity index (χ1) is 9.76. The summed E-state index contributed by atoms with van der Waals surface area (Å²) in [4.78, 5) is 1.13. The Hall–Kier alpha value is -1.66. The fraction of sp³-hybridized carbons (Fsp3) is 0.357. The molecule has 2 rings (SSSR count). The predicted octanol–water partition coefficient (Wildman–Crippen LogP) is 2.22. The van der Waals surface area contributed by atoms with Gasteiger partial charge in [-0.2, -0.15) is 5.10 Å². The predicted molar refractivity (Wildman–Crippen MR) is 81.4 cm³/mol. The first kappa shape index (κ1) is 14.7. The van der Waals surface area contributed by atoms with Crippen molar-refractivity contribution in [2.75, 3.05) is 25.3 Å². The Morgan fingerprint density at radius 2 is 2.30 bits per heavy atom. The van der Waals surface area contributed by atoms with Crippen LogP contribution in [-0.2, 0) is 13.1 Å². The molecule has 0 fully saturated rings. The number of aliphatic hydroxyl groups is 1. The fourth-order valence-electron chi connectivity index (χ4n) is 1.87. The average molecular weight is 293 g/mol. The number of methoxy groups -OCH3 is 1. The Morgan fingerprint density at radius 1 is 1.45 bits per heavy atom. The van der Waals surface area contributed by atoms with E-state index in [1.807, 2.05) is 24.6 Å². The fourth-order valence-corrected chi connectivity index (χ4v) is 2.50. The summed E-state index contributed by atoms with van der Waals surface area (Å²) < 4.78 is 7.02. The molecule has 0 aliphatic rings. The Balaban J connectivity index is 1.99. The number of benzene rings is 1. The minimum Gasteiger partial charge on any atom is -0.496 e. The molecule has 0 atom stereocenters. The summed E-state index contributed by atoms with van der Waals surface area (Å²) in [6.07, 6.45) is 5.68. The summed E-state index contributed by atoms with van der Waals surface area (Å²) in [5.74, 6) is 0.900. The summed E-state index contributed by atoms with van der Waals surface area (Å²) in [6, 6.07) is 6.15. The number of nitrogens with one attached hydrogen (secondary N) is 1. The van der Waals surface area contributed by atoms with Crippen LogP contribution in [0.2, 0.25) is 0 Å². The molecule has 0 bridgehead atoms. The molecule has 0 amide bonds. The highest BCUT2D eigenvalue weighted by atomic mass is 32.2. The number of aliphatic hydroxyl groups excluding tert-OH is 1. The molecule has 0 unspecified atom stereocenters. The maximum absolute atomic E-state index is 8.85. The number of hydrogen-bond acceptors (Lipinski definition) is 5. The first-order valence-corrected chi connectivity index (χ1v) is 7.57. The lowest BCUT2D eigenvalue weighted by Gasteiger charge is -2.09. The maximum Gasteiger partial charge on any atom is 0.132 e. The molecule has 0 radical (unpaired) electrons. The third kappa shape index (κ3) is 3.68. The molecule has 2 N–H and O–H groups in total. The van der Waals surface area contributed by atoms with Crippen LogP contribution in [0.3, 0.4) is 0 Å². The molecule has 2 aromatic rings. The van der Waals surface area contributed by atoms with Gasteiger partial charge in [0.25, 0.3) is 0 Å². The van der Waals surface area contributed by atoms with E-state index < -0.39 is 0 Å². The third-order valence-corrected chi connectivity index (χ3v) is 3.67. The van der Waals surface area contributed by atoms with Crippen LogP contribution >= 0.6 is 11.8 Å². The quantitative estimate of drug-likeness (QED) is 0.767. The second-order valence-electron chi connectivity index (χ2n) is 4.26. The molecule has 1 aromatic carbocycles. The lowest BCUT2D eigenvalue weighted by Crippen LogP contribution is -2.02. The van der Waals surface area contributed by atoms with E-state index in [9.17, 15) is 0 Å². The van der Waals surface area contributed by atoms with E-state index in [-0.39, 0.29) is 6.61 Å². The molecule has 0 spiro atoms. The van der Waals surface area contributed by atoms with Crippen LogP contribution in [0.5, 0.6) is 5.75 Å². The third-order valence-electron chi connectivity index (χ3n) is 2.91. The first-order valence-electron chi connectivity index (χ1n) is 6.35. The van der Waals surface area contributed by atoms with Crippen LogP contribution < -0.4 is 10.1 Å². The molecular formula is C14H19N3O2S. The topological polar surface area (TPSA) is 59.3 Å². The van der Waals surface area contributed by atoms with Gasteiger partial charge in [-0.25, -0.2) is 0 Å². The van der Waals surface area contributed by atoms with Crippen molar-refractivity contribution in [1.29, 1.82) is 0 Å². The van der Waals surface area contributed by atoms with E-state index in [1.54, 1.807) is 29.8 Å². The molecular weight excluding hydrogens is 274 g/mol. The largest absolute Gasteiger partial charge is 0.496 e. The standard InChI is InChI=1S/C14H19N3O2S/c1-19-13-4-3-11(7-14(13)20-2)8-15-12-9-16-17(10-12)5-6-18/h3-4,7,9-10,15,18H,5-6,8H2,1-2H3. The number of thioether (sulfide) groups is 1. The van der Waals surface area contributed by atoms with E-state index in [0.717, 1.165) is 22.9 Å². The van der Waals surface area contributed by atoms with Gasteiger partial charge in [0.1, 0.15) is 5.75 Å². The van der Waals surface area contributed by atoms with Crippen LogP contribution in [0.15, 0.2) is 35.5 Å². The van der Waals surface area contributed by atoms with Crippen LogP contribution in [0.1, 0.15) is 5.56 Å². The summed E-state index contributed by atoms with van der Waals surface area (Å²) in [5.41, 5.74) is 2.13. The van der Waals surface area contributed by atoms with E-state index >= 15 is 0 Å². The second-order valence-corrected chi connectivity index (χ2v) is 5.11. The molecule has 0 aliphatic heterocycles. The molecule has 108 valence electrons.